The zero-order valence-corrected chi connectivity index (χ0v) is 13.2. The summed E-state index contributed by atoms with van der Waals surface area (Å²) in [5, 5.41) is 4.38. The number of nitrogens with zero attached hydrogens (tertiary/aromatic N) is 2. The zero-order chi connectivity index (χ0) is 15.0. The van der Waals surface area contributed by atoms with Crippen molar-refractivity contribution in [2.24, 2.45) is 0 Å². The molecule has 2 aromatic rings. The van der Waals surface area contributed by atoms with Gasteiger partial charge in [-0.2, -0.15) is 0 Å². The number of nitrogens with two attached hydrogens (primary N) is 1. The molecule has 1 atom stereocenters. The van der Waals surface area contributed by atoms with Crippen LogP contribution in [-0.4, -0.2) is 36.4 Å². The molecule has 3 N–H and O–H groups in total. The molecule has 3 heterocycles. The number of aromatic nitrogens is 1. The monoisotopic (exact) mass is 304 g/mol. The van der Waals surface area contributed by atoms with Crippen LogP contribution in [0.4, 0.5) is 5.69 Å². The number of fused-ring (bicyclic) bond motifs is 1. The molecule has 0 unspecified atom stereocenters. The smallest absolute Gasteiger partial charge is 0.265 e. The van der Waals surface area contributed by atoms with Gasteiger partial charge < -0.3 is 16.0 Å². The van der Waals surface area contributed by atoms with Crippen molar-refractivity contribution in [3.05, 3.63) is 22.7 Å². The van der Waals surface area contributed by atoms with Gasteiger partial charge in [-0.1, -0.05) is 6.42 Å². The van der Waals surface area contributed by atoms with E-state index in [9.17, 15) is 4.79 Å². The lowest BCUT2D eigenvalue weighted by atomic mass is 10.0. The summed E-state index contributed by atoms with van der Waals surface area (Å²) in [7, 11) is 3.47. The quantitative estimate of drug-likeness (QED) is 0.893. The third kappa shape index (κ3) is 2.61. The molecule has 112 valence electrons. The fourth-order valence-electron chi connectivity index (χ4n) is 2.67. The first kappa shape index (κ1) is 14.3. The fraction of sp³-hybridized carbons (Fsp3) is 0.467. The van der Waals surface area contributed by atoms with Crippen molar-refractivity contribution in [3.8, 4) is 0 Å². The van der Waals surface area contributed by atoms with E-state index in [0.717, 1.165) is 28.9 Å². The van der Waals surface area contributed by atoms with Crippen LogP contribution in [0.15, 0.2) is 12.1 Å². The fourth-order valence-corrected chi connectivity index (χ4v) is 3.79. The van der Waals surface area contributed by atoms with Gasteiger partial charge in [-0.3, -0.25) is 4.79 Å². The van der Waals surface area contributed by atoms with Crippen molar-refractivity contribution in [3.63, 3.8) is 0 Å². The van der Waals surface area contributed by atoms with Gasteiger partial charge in [0, 0.05) is 25.5 Å². The van der Waals surface area contributed by atoms with Gasteiger partial charge in [-0.15, -0.1) is 11.3 Å². The van der Waals surface area contributed by atoms with E-state index in [4.69, 9.17) is 10.7 Å². The first-order valence-electron chi connectivity index (χ1n) is 7.22. The van der Waals surface area contributed by atoms with Crippen LogP contribution < -0.4 is 11.1 Å². The molecule has 2 aromatic heterocycles. The van der Waals surface area contributed by atoms with Crippen LogP contribution in [0.2, 0.25) is 0 Å². The lowest BCUT2D eigenvalue weighted by Gasteiger charge is -2.22. The Hall–Kier alpha value is -1.66. The molecule has 3 rings (SSSR count). The lowest BCUT2D eigenvalue weighted by molar-refractivity contribution is 0.0833. The summed E-state index contributed by atoms with van der Waals surface area (Å²) in [6.07, 6.45) is 3.57. The second-order valence-corrected chi connectivity index (χ2v) is 6.63. The first-order valence-corrected chi connectivity index (χ1v) is 8.03. The Morgan fingerprint density at radius 1 is 1.43 bits per heavy atom. The number of nitrogen functional groups attached to an aromatic ring is 1. The van der Waals surface area contributed by atoms with Crippen LogP contribution in [0.25, 0.3) is 10.2 Å². The summed E-state index contributed by atoms with van der Waals surface area (Å²) < 4.78 is 0. The Balaban J connectivity index is 2.00. The molecule has 0 aliphatic carbocycles. The normalized spacial score (nSPS) is 18.9. The Labute approximate surface area is 128 Å². The molecule has 21 heavy (non-hydrogen) atoms. The predicted molar refractivity (Wildman–Crippen MR) is 86.6 cm³/mol. The number of carbonyl (C=O) groups is 1. The van der Waals surface area contributed by atoms with Crippen LogP contribution in [0.3, 0.4) is 0 Å². The molecule has 0 saturated carbocycles. The van der Waals surface area contributed by atoms with E-state index < -0.39 is 0 Å². The number of hydrogen-bond acceptors (Lipinski definition) is 5. The van der Waals surface area contributed by atoms with E-state index in [1.54, 1.807) is 19.0 Å². The highest BCUT2D eigenvalue weighted by atomic mass is 32.1. The molecule has 0 aromatic carbocycles. The maximum absolute atomic E-state index is 12.1. The number of anilines is 1. The van der Waals surface area contributed by atoms with Gasteiger partial charge >= 0.3 is 0 Å². The second-order valence-electron chi connectivity index (χ2n) is 5.64. The van der Waals surface area contributed by atoms with Crippen LogP contribution in [0.5, 0.6) is 0 Å². The summed E-state index contributed by atoms with van der Waals surface area (Å²) in [5.41, 5.74) is 7.71. The zero-order valence-electron chi connectivity index (χ0n) is 12.3. The van der Waals surface area contributed by atoms with Crippen LogP contribution in [-0.2, 0) is 0 Å². The minimum absolute atomic E-state index is 0.0622. The van der Waals surface area contributed by atoms with E-state index in [-0.39, 0.29) is 5.91 Å². The lowest BCUT2D eigenvalue weighted by Crippen LogP contribution is -2.27. The number of piperidine rings is 1. The first-order chi connectivity index (χ1) is 10.1. The van der Waals surface area contributed by atoms with Crippen molar-refractivity contribution in [2.45, 2.75) is 25.3 Å². The highest BCUT2D eigenvalue weighted by Crippen LogP contribution is 2.34. The summed E-state index contributed by atoms with van der Waals surface area (Å²) in [6, 6.07) is 4.34. The standard InChI is InChI=1S/C15H20N4OS/c1-19(2)15(20)13-12(16)9-6-7-11(18-14(9)21-13)10-5-3-4-8-17-10/h6-7,10,17H,3-5,8,16H2,1-2H3/t10-/m0/s1. The molecule has 1 amide bonds. The molecular weight excluding hydrogens is 284 g/mol. The molecule has 6 heteroatoms. The molecule has 0 spiro atoms. The number of thiophene rings is 1. The molecule has 1 aliphatic rings. The van der Waals surface area contributed by atoms with Crippen LogP contribution in [0, 0.1) is 0 Å². The van der Waals surface area contributed by atoms with Crippen LogP contribution in [0.1, 0.15) is 40.7 Å². The molecule has 1 fully saturated rings. The largest absolute Gasteiger partial charge is 0.397 e. The van der Waals surface area contributed by atoms with Gasteiger partial charge in [0.15, 0.2) is 0 Å². The number of nitrogens with one attached hydrogen (secondary N) is 1. The minimum Gasteiger partial charge on any atom is -0.397 e. The molecule has 1 aliphatic heterocycles. The van der Waals surface area contributed by atoms with Crippen molar-refractivity contribution >= 4 is 33.1 Å². The minimum atomic E-state index is -0.0622. The van der Waals surface area contributed by atoms with Crippen molar-refractivity contribution < 1.29 is 4.79 Å². The maximum Gasteiger partial charge on any atom is 0.265 e. The summed E-state index contributed by atoms with van der Waals surface area (Å²) in [4.78, 5) is 19.8. The van der Waals surface area contributed by atoms with Gasteiger partial charge in [0.05, 0.1) is 11.4 Å². The van der Waals surface area contributed by atoms with Gasteiger partial charge in [-0.25, -0.2) is 4.98 Å². The van der Waals surface area contributed by atoms with Gasteiger partial charge in [0.2, 0.25) is 0 Å². The number of amides is 1. The second kappa shape index (κ2) is 5.61. The van der Waals surface area contributed by atoms with Crippen LogP contribution >= 0.6 is 11.3 Å². The number of hydrogen-bond donors (Lipinski definition) is 2. The van der Waals surface area contributed by atoms with Crippen molar-refractivity contribution in [1.82, 2.24) is 15.2 Å². The number of carbonyl (C=O) groups excluding carboxylic acids is 1. The SMILES string of the molecule is CN(C)C(=O)c1sc2nc([C@@H]3CCCCN3)ccc2c1N. The van der Waals surface area contributed by atoms with E-state index >= 15 is 0 Å². The average Bonchev–Trinajstić information content (AvgIpc) is 2.84. The van der Waals surface area contributed by atoms with Crippen molar-refractivity contribution in [2.75, 3.05) is 26.4 Å². The summed E-state index contributed by atoms with van der Waals surface area (Å²) >= 11 is 1.38. The number of rotatable bonds is 2. The molecule has 5 nitrogen and oxygen atoms in total. The topological polar surface area (TPSA) is 71.2 Å². The van der Waals surface area contributed by atoms with Gasteiger partial charge in [-0.05, 0) is 31.5 Å². The maximum atomic E-state index is 12.1. The Morgan fingerprint density at radius 2 is 2.24 bits per heavy atom. The summed E-state index contributed by atoms with van der Waals surface area (Å²) in [6.45, 7) is 1.04. The molecule has 0 radical (unpaired) electrons. The van der Waals surface area contributed by atoms with Gasteiger partial charge in [0.25, 0.3) is 5.91 Å². The van der Waals surface area contributed by atoms with E-state index in [1.165, 1.54) is 24.2 Å². The van der Waals surface area contributed by atoms with E-state index in [2.05, 4.69) is 5.32 Å². The van der Waals surface area contributed by atoms with E-state index in [1.807, 2.05) is 12.1 Å². The predicted octanol–water partition coefficient (Wildman–Crippen LogP) is 2.39. The molecule has 1 saturated heterocycles. The van der Waals surface area contributed by atoms with E-state index in [0.29, 0.717) is 16.6 Å². The third-order valence-electron chi connectivity index (χ3n) is 3.88. The third-order valence-corrected chi connectivity index (χ3v) is 4.99. The molecular formula is C15H20N4OS. The summed E-state index contributed by atoms with van der Waals surface area (Å²) in [5.74, 6) is -0.0622. The molecule has 0 bridgehead atoms. The average molecular weight is 304 g/mol. The van der Waals surface area contributed by atoms with Crippen molar-refractivity contribution in [1.29, 1.82) is 0 Å². The highest BCUT2D eigenvalue weighted by molar-refractivity contribution is 7.21. The Bertz CT molecular complexity index is 674. The Morgan fingerprint density at radius 3 is 2.90 bits per heavy atom. The Kier molecular flexibility index (Phi) is 3.82. The number of pyridine rings is 1. The van der Waals surface area contributed by atoms with Gasteiger partial charge in [0.1, 0.15) is 9.71 Å². The highest BCUT2D eigenvalue weighted by Gasteiger charge is 2.21.